The summed E-state index contributed by atoms with van der Waals surface area (Å²) in [7, 11) is 1.48. The minimum Gasteiger partial charge on any atom is -0.436 e. The lowest BCUT2D eigenvalue weighted by molar-refractivity contribution is -0.166. The van der Waals surface area contributed by atoms with Crippen molar-refractivity contribution in [2.24, 2.45) is 11.8 Å². The van der Waals surface area contributed by atoms with Gasteiger partial charge >= 0.3 is 5.97 Å². The number of fused-ring (bicyclic) bond motifs is 2. The summed E-state index contributed by atoms with van der Waals surface area (Å²) < 4.78 is 9.16. The molecule has 86 valence electrons. The van der Waals surface area contributed by atoms with E-state index in [9.17, 15) is 4.79 Å². The second kappa shape index (κ2) is 5.91. The standard InChI is InChI=1S/C7H10.C5H10O3/c1-2-7-4-3-6(1)5-7;1-4(6)8-5(2)7-3/h1-2,6-7H,3-5H2;5H,1-3H3. The fourth-order valence-corrected chi connectivity index (χ4v) is 2.00. The topological polar surface area (TPSA) is 35.5 Å². The van der Waals surface area contributed by atoms with Crippen molar-refractivity contribution in [2.75, 3.05) is 7.11 Å². The van der Waals surface area contributed by atoms with E-state index < -0.39 is 6.29 Å². The molecule has 1 fully saturated rings. The first-order chi connectivity index (χ1) is 7.11. The molecule has 2 rings (SSSR count). The quantitative estimate of drug-likeness (QED) is 0.401. The SMILES string of the molecule is C1=CC2CCC1C2.COC(C)OC(C)=O. The van der Waals surface area contributed by atoms with Gasteiger partial charge in [0.05, 0.1) is 0 Å². The maximum Gasteiger partial charge on any atom is 0.304 e. The van der Waals surface area contributed by atoms with Crippen molar-refractivity contribution in [1.29, 1.82) is 0 Å². The van der Waals surface area contributed by atoms with Gasteiger partial charge in [0.15, 0.2) is 6.29 Å². The molecule has 0 radical (unpaired) electrons. The van der Waals surface area contributed by atoms with Crippen LogP contribution in [-0.2, 0) is 14.3 Å². The van der Waals surface area contributed by atoms with Crippen molar-refractivity contribution in [3.05, 3.63) is 12.2 Å². The normalized spacial score (nSPS) is 28.2. The predicted molar refractivity (Wildman–Crippen MR) is 58.2 cm³/mol. The van der Waals surface area contributed by atoms with Crippen LogP contribution in [-0.4, -0.2) is 19.4 Å². The first-order valence-electron chi connectivity index (χ1n) is 5.50. The predicted octanol–water partition coefficient (Wildman–Crippen LogP) is 2.51. The highest BCUT2D eigenvalue weighted by molar-refractivity contribution is 5.65. The lowest BCUT2D eigenvalue weighted by Gasteiger charge is -2.07. The van der Waals surface area contributed by atoms with E-state index in [4.69, 9.17) is 0 Å². The maximum atomic E-state index is 10.1. The molecule has 2 aliphatic carbocycles. The molecule has 0 aromatic carbocycles. The number of carbonyl (C=O) groups excluding carboxylic acids is 1. The molecule has 0 N–H and O–H groups in total. The molecule has 0 saturated heterocycles. The Morgan fingerprint density at radius 3 is 2.00 bits per heavy atom. The summed E-state index contributed by atoms with van der Waals surface area (Å²) >= 11 is 0. The number of ether oxygens (including phenoxy) is 2. The van der Waals surface area contributed by atoms with Gasteiger partial charge in [0.2, 0.25) is 0 Å². The van der Waals surface area contributed by atoms with E-state index in [2.05, 4.69) is 21.6 Å². The Hall–Kier alpha value is -0.830. The molecular formula is C12H20O3. The van der Waals surface area contributed by atoms with Crippen molar-refractivity contribution in [3.8, 4) is 0 Å². The minimum absolute atomic E-state index is 0.320. The van der Waals surface area contributed by atoms with Gasteiger partial charge in [-0.2, -0.15) is 0 Å². The Kier molecular flexibility index (Phi) is 4.82. The van der Waals surface area contributed by atoms with Gasteiger partial charge in [-0.3, -0.25) is 4.79 Å². The fraction of sp³-hybridized carbons (Fsp3) is 0.750. The van der Waals surface area contributed by atoms with Crippen molar-refractivity contribution in [1.82, 2.24) is 0 Å². The molecule has 3 heteroatoms. The zero-order valence-corrected chi connectivity index (χ0v) is 9.73. The van der Waals surface area contributed by atoms with E-state index in [1.807, 2.05) is 0 Å². The summed E-state index contributed by atoms with van der Waals surface area (Å²) in [6.45, 7) is 3.00. The molecule has 0 aromatic rings. The molecule has 0 amide bonds. The van der Waals surface area contributed by atoms with Crippen LogP contribution in [0.25, 0.3) is 0 Å². The van der Waals surface area contributed by atoms with Crippen molar-refractivity contribution < 1.29 is 14.3 Å². The number of methoxy groups -OCH3 is 1. The molecular weight excluding hydrogens is 192 g/mol. The monoisotopic (exact) mass is 212 g/mol. The molecule has 3 nitrogen and oxygen atoms in total. The fourth-order valence-electron chi connectivity index (χ4n) is 2.00. The van der Waals surface area contributed by atoms with Crippen LogP contribution in [0.3, 0.4) is 0 Å². The van der Waals surface area contributed by atoms with Crippen LogP contribution in [0.1, 0.15) is 33.1 Å². The third kappa shape index (κ3) is 4.47. The number of allylic oxidation sites excluding steroid dienone is 2. The van der Waals surface area contributed by atoms with Crippen LogP contribution in [0, 0.1) is 11.8 Å². The number of esters is 1. The summed E-state index contributed by atoms with van der Waals surface area (Å²) in [5, 5.41) is 0. The highest BCUT2D eigenvalue weighted by Crippen LogP contribution is 2.38. The van der Waals surface area contributed by atoms with Gasteiger partial charge in [0, 0.05) is 14.0 Å². The van der Waals surface area contributed by atoms with Crippen LogP contribution >= 0.6 is 0 Å². The van der Waals surface area contributed by atoms with Crippen molar-refractivity contribution in [2.45, 2.75) is 39.4 Å². The molecule has 0 heterocycles. The lowest BCUT2D eigenvalue weighted by Crippen LogP contribution is -2.13. The maximum absolute atomic E-state index is 10.1. The van der Waals surface area contributed by atoms with E-state index in [-0.39, 0.29) is 5.97 Å². The lowest BCUT2D eigenvalue weighted by atomic mass is 10.1. The Balaban J connectivity index is 0.000000150. The van der Waals surface area contributed by atoms with Crippen molar-refractivity contribution >= 4 is 5.97 Å². The van der Waals surface area contributed by atoms with Gasteiger partial charge in [-0.05, 0) is 38.0 Å². The molecule has 0 spiro atoms. The molecule has 1 saturated carbocycles. The average Bonchev–Trinajstić information content (AvgIpc) is 2.81. The molecule has 2 aliphatic rings. The zero-order chi connectivity index (χ0) is 11.3. The number of hydrogen-bond donors (Lipinski definition) is 0. The summed E-state index contributed by atoms with van der Waals surface area (Å²) in [5.41, 5.74) is 0. The summed E-state index contributed by atoms with van der Waals surface area (Å²) in [6.07, 6.45) is 8.76. The summed E-state index contributed by atoms with van der Waals surface area (Å²) in [6, 6.07) is 0. The third-order valence-electron chi connectivity index (χ3n) is 2.83. The Bertz CT molecular complexity index is 223. The Labute approximate surface area is 91.4 Å². The number of hydrogen-bond acceptors (Lipinski definition) is 3. The summed E-state index contributed by atoms with van der Waals surface area (Å²) in [5.74, 6) is 1.66. The van der Waals surface area contributed by atoms with Gasteiger partial charge in [-0.1, -0.05) is 12.2 Å². The van der Waals surface area contributed by atoms with E-state index in [0.29, 0.717) is 0 Å². The Morgan fingerprint density at radius 1 is 1.33 bits per heavy atom. The van der Waals surface area contributed by atoms with E-state index in [1.54, 1.807) is 6.92 Å². The second-order valence-corrected chi connectivity index (χ2v) is 4.13. The Morgan fingerprint density at radius 2 is 1.87 bits per heavy atom. The molecule has 3 unspecified atom stereocenters. The van der Waals surface area contributed by atoms with Gasteiger partial charge in [0.25, 0.3) is 0 Å². The molecule has 2 bridgehead atoms. The number of rotatable bonds is 2. The van der Waals surface area contributed by atoms with Crippen LogP contribution in [0.15, 0.2) is 12.2 Å². The smallest absolute Gasteiger partial charge is 0.304 e. The third-order valence-corrected chi connectivity index (χ3v) is 2.83. The van der Waals surface area contributed by atoms with Gasteiger partial charge in [0.1, 0.15) is 0 Å². The largest absolute Gasteiger partial charge is 0.436 e. The van der Waals surface area contributed by atoms with Crippen LogP contribution < -0.4 is 0 Å². The van der Waals surface area contributed by atoms with Crippen LogP contribution in [0.4, 0.5) is 0 Å². The van der Waals surface area contributed by atoms with E-state index in [1.165, 1.54) is 33.3 Å². The molecule has 0 aliphatic heterocycles. The van der Waals surface area contributed by atoms with Crippen LogP contribution in [0.5, 0.6) is 0 Å². The van der Waals surface area contributed by atoms with Gasteiger partial charge in [-0.25, -0.2) is 0 Å². The van der Waals surface area contributed by atoms with E-state index in [0.717, 1.165) is 11.8 Å². The molecule has 15 heavy (non-hydrogen) atoms. The molecule has 0 aromatic heterocycles. The second-order valence-electron chi connectivity index (χ2n) is 4.13. The zero-order valence-electron chi connectivity index (χ0n) is 9.73. The first kappa shape index (κ1) is 12.2. The van der Waals surface area contributed by atoms with E-state index >= 15 is 0 Å². The highest BCUT2D eigenvalue weighted by Gasteiger charge is 2.25. The molecule has 3 atom stereocenters. The number of carbonyl (C=O) groups is 1. The first-order valence-corrected chi connectivity index (χ1v) is 5.50. The van der Waals surface area contributed by atoms with Crippen LogP contribution in [0.2, 0.25) is 0 Å². The van der Waals surface area contributed by atoms with Gasteiger partial charge in [-0.15, -0.1) is 0 Å². The van der Waals surface area contributed by atoms with Gasteiger partial charge < -0.3 is 9.47 Å². The average molecular weight is 212 g/mol. The van der Waals surface area contributed by atoms with Crippen molar-refractivity contribution in [3.63, 3.8) is 0 Å². The highest BCUT2D eigenvalue weighted by atomic mass is 16.7. The summed E-state index contributed by atoms with van der Waals surface area (Å²) in [4.78, 5) is 10.1. The minimum atomic E-state index is -0.424.